The van der Waals surface area contributed by atoms with Crippen LogP contribution in [-0.2, 0) is 0 Å². The molecule has 3 aromatic rings. The minimum absolute atomic E-state index is 0. The molecule has 1 fully saturated rings. The molecule has 0 spiro atoms. The summed E-state index contributed by atoms with van der Waals surface area (Å²) < 4.78 is 16.6. The van der Waals surface area contributed by atoms with Crippen molar-refractivity contribution >= 4 is 23.3 Å². The Hall–Kier alpha value is -1.88. The predicted molar refractivity (Wildman–Crippen MR) is 131 cm³/mol. The Morgan fingerprint density at radius 1 is 1.03 bits per heavy atom. The Morgan fingerprint density at radius 3 is 2.61 bits per heavy atom. The molecule has 1 heterocycles. The molecule has 1 atom stereocenters. The van der Waals surface area contributed by atoms with Gasteiger partial charge in [-0.05, 0) is 74.6 Å². The lowest BCUT2D eigenvalue weighted by Gasteiger charge is -2.24. The molecule has 1 unspecified atom stereocenters. The number of nitrogens with two attached hydrogens (primary N) is 1. The highest BCUT2D eigenvalue weighted by molar-refractivity contribution is 5.85. The fourth-order valence-corrected chi connectivity index (χ4v) is 4.99. The Morgan fingerprint density at radius 2 is 1.84 bits per heavy atom. The number of hydrogen-bond acceptors (Lipinski definition) is 2. The number of aromatic nitrogens is 1. The molecule has 4 rings (SSSR count). The number of benzene rings is 2. The Labute approximate surface area is 191 Å². The van der Waals surface area contributed by atoms with Crippen LogP contribution in [-0.4, -0.2) is 24.2 Å². The van der Waals surface area contributed by atoms with Crippen LogP contribution in [0, 0.1) is 5.82 Å². The Bertz CT molecular complexity index is 949. The van der Waals surface area contributed by atoms with Crippen molar-refractivity contribution < 1.29 is 4.39 Å². The molecule has 31 heavy (non-hydrogen) atoms. The zero-order valence-electron chi connectivity index (χ0n) is 18.2. The summed E-state index contributed by atoms with van der Waals surface area (Å²) >= 11 is 0. The van der Waals surface area contributed by atoms with E-state index in [0.29, 0.717) is 12.6 Å². The summed E-state index contributed by atoms with van der Waals surface area (Å²) in [5, 5.41) is 4.81. The van der Waals surface area contributed by atoms with Crippen LogP contribution in [0.3, 0.4) is 0 Å². The summed E-state index contributed by atoms with van der Waals surface area (Å²) in [6.45, 7) is 2.52. The van der Waals surface area contributed by atoms with Crippen LogP contribution < -0.4 is 11.1 Å². The Kier molecular flexibility index (Phi) is 8.94. The second kappa shape index (κ2) is 11.7. The van der Waals surface area contributed by atoms with Crippen LogP contribution in [0.4, 0.5) is 4.39 Å². The van der Waals surface area contributed by atoms with Gasteiger partial charge in [0.05, 0.1) is 0 Å². The molecule has 0 amide bonds. The van der Waals surface area contributed by atoms with Gasteiger partial charge in [-0.2, -0.15) is 0 Å². The van der Waals surface area contributed by atoms with E-state index in [1.54, 1.807) is 6.07 Å². The lowest BCUT2D eigenvalue weighted by atomic mass is 9.88. The first-order valence-electron chi connectivity index (χ1n) is 11.5. The minimum Gasteiger partial charge on any atom is -0.344 e. The molecular formula is C26H35ClFN3. The molecule has 1 saturated carbocycles. The molecule has 0 aliphatic heterocycles. The maximum absolute atomic E-state index is 14.1. The average Bonchev–Trinajstić information content (AvgIpc) is 3.16. The number of hydrogen-bond donors (Lipinski definition) is 2. The number of halogens is 2. The maximum Gasteiger partial charge on any atom is 0.123 e. The molecule has 0 bridgehead atoms. The molecule has 168 valence electrons. The quantitative estimate of drug-likeness (QED) is 0.388. The third-order valence-electron chi connectivity index (χ3n) is 6.53. The first kappa shape index (κ1) is 23.8. The van der Waals surface area contributed by atoms with Crippen molar-refractivity contribution in [2.24, 2.45) is 5.73 Å². The van der Waals surface area contributed by atoms with Gasteiger partial charge in [-0.1, -0.05) is 49.6 Å². The summed E-state index contributed by atoms with van der Waals surface area (Å²) in [7, 11) is 0. The van der Waals surface area contributed by atoms with Crippen molar-refractivity contribution in [2.75, 3.05) is 19.6 Å². The van der Waals surface area contributed by atoms with E-state index in [1.165, 1.54) is 54.6 Å². The number of para-hydroxylation sites is 1. The first-order chi connectivity index (χ1) is 14.8. The van der Waals surface area contributed by atoms with Crippen molar-refractivity contribution in [1.82, 2.24) is 9.88 Å². The molecule has 0 radical (unpaired) electrons. The monoisotopic (exact) mass is 443 g/mol. The second-order valence-corrected chi connectivity index (χ2v) is 8.59. The van der Waals surface area contributed by atoms with Crippen molar-refractivity contribution in [3.8, 4) is 0 Å². The number of nitrogens with zero attached hydrogens (tertiary/aromatic N) is 1. The van der Waals surface area contributed by atoms with E-state index in [-0.39, 0.29) is 24.1 Å². The van der Waals surface area contributed by atoms with Crippen molar-refractivity contribution in [2.45, 2.75) is 56.9 Å². The molecule has 1 aliphatic rings. The van der Waals surface area contributed by atoms with Gasteiger partial charge in [-0.3, -0.25) is 0 Å². The van der Waals surface area contributed by atoms with Gasteiger partial charge < -0.3 is 15.6 Å². The SMILES string of the molecule is Cl.NCCCNCCC(c1cccc(F)c1)c1cn(C2CCCCC2)c2ccccc12. The first-order valence-corrected chi connectivity index (χ1v) is 11.5. The minimum atomic E-state index is -0.162. The van der Waals surface area contributed by atoms with E-state index in [9.17, 15) is 4.39 Å². The highest BCUT2D eigenvalue weighted by Gasteiger charge is 2.23. The van der Waals surface area contributed by atoms with Crippen LogP contribution >= 0.6 is 12.4 Å². The van der Waals surface area contributed by atoms with Crippen LogP contribution in [0.1, 0.15) is 68.0 Å². The van der Waals surface area contributed by atoms with Gasteiger partial charge in [0.25, 0.3) is 0 Å². The summed E-state index contributed by atoms with van der Waals surface area (Å²) in [4.78, 5) is 0. The summed E-state index contributed by atoms with van der Waals surface area (Å²) in [6, 6.07) is 16.5. The fourth-order valence-electron chi connectivity index (χ4n) is 4.99. The van der Waals surface area contributed by atoms with Gasteiger partial charge in [-0.15, -0.1) is 12.4 Å². The second-order valence-electron chi connectivity index (χ2n) is 8.59. The molecule has 2 aromatic carbocycles. The normalized spacial score (nSPS) is 15.7. The smallest absolute Gasteiger partial charge is 0.123 e. The van der Waals surface area contributed by atoms with Gasteiger partial charge in [-0.25, -0.2) is 4.39 Å². The average molecular weight is 444 g/mol. The van der Waals surface area contributed by atoms with Gasteiger partial charge in [0.2, 0.25) is 0 Å². The fraction of sp³-hybridized carbons (Fsp3) is 0.462. The molecule has 1 aromatic heterocycles. The third-order valence-corrected chi connectivity index (χ3v) is 6.53. The standard InChI is InChI=1S/C26H34FN3.ClH/c27-21-9-6-8-20(18-21)23(14-17-29-16-7-15-28)25-19-30(22-10-2-1-3-11-22)26-13-5-4-12-24(25)26;/h4-6,8-9,12-13,18-19,22-23,29H,1-3,7,10-11,14-17,28H2;1H. The highest BCUT2D eigenvalue weighted by Crippen LogP contribution is 2.38. The Balaban J connectivity index is 0.00000272. The van der Waals surface area contributed by atoms with E-state index in [0.717, 1.165) is 31.5 Å². The number of nitrogens with one attached hydrogen (secondary N) is 1. The lowest BCUT2D eigenvalue weighted by molar-refractivity contribution is 0.360. The molecule has 0 saturated heterocycles. The summed E-state index contributed by atoms with van der Waals surface area (Å²) in [5.41, 5.74) is 9.32. The third kappa shape index (κ3) is 5.68. The largest absolute Gasteiger partial charge is 0.344 e. The summed E-state index contributed by atoms with van der Waals surface area (Å²) in [5.74, 6) is 0.00502. The molecule has 1 aliphatic carbocycles. The van der Waals surface area contributed by atoms with Gasteiger partial charge in [0.1, 0.15) is 5.82 Å². The number of fused-ring (bicyclic) bond motifs is 1. The maximum atomic E-state index is 14.1. The van der Waals surface area contributed by atoms with E-state index in [1.807, 2.05) is 6.07 Å². The predicted octanol–water partition coefficient (Wildman–Crippen LogP) is 6.17. The van der Waals surface area contributed by atoms with E-state index < -0.39 is 0 Å². The van der Waals surface area contributed by atoms with E-state index >= 15 is 0 Å². The number of rotatable bonds is 9. The van der Waals surface area contributed by atoms with Crippen molar-refractivity contribution in [3.05, 3.63) is 71.7 Å². The van der Waals surface area contributed by atoms with Crippen molar-refractivity contribution in [1.29, 1.82) is 0 Å². The summed E-state index contributed by atoms with van der Waals surface area (Å²) in [6.07, 6.45) is 10.8. The van der Waals surface area contributed by atoms with E-state index in [2.05, 4.69) is 46.4 Å². The van der Waals surface area contributed by atoms with Gasteiger partial charge in [0.15, 0.2) is 0 Å². The molecular weight excluding hydrogens is 409 g/mol. The molecule has 3 N–H and O–H groups in total. The van der Waals surface area contributed by atoms with E-state index in [4.69, 9.17) is 5.73 Å². The topological polar surface area (TPSA) is 43.0 Å². The zero-order chi connectivity index (χ0) is 20.8. The molecule has 3 nitrogen and oxygen atoms in total. The highest BCUT2D eigenvalue weighted by atomic mass is 35.5. The lowest BCUT2D eigenvalue weighted by Crippen LogP contribution is -2.21. The van der Waals surface area contributed by atoms with Crippen LogP contribution in [0.25, 0.3) is 10.9 Å². The molecule has 5 heteroatoms. The zero-order valence-corrected chi connectivity index (χ0v) is 19.0. The van der Waals surface area contributed by atoms with Gasteiger partial charge >= 0.3 is 0 Å². The van der Waals surface area contributed by atoms with Crippen LogP contribution in [0.15, 0.2) is 54.7 Å². The van der Waals surface area contributed by atoms with Crippen LogP contribution in [0.5, 0.6) is 0 Å². The van der Waals surface area contributed by atoms with Crippen molar-refractivity contribution in [3.63, 3.8) is 0 Å². The van der Waals surface area contributed by atoms with Gasteiger partial charge in [0, 0.05) is 29.1 Å². The van der Waals surface area contributed by atoms with Crippen LogP contribution in [0.2, 0.25) is 0 Å².